The normalized spacial score (nSPS) is 14.0. The number of ether oxygens (including phenoxy) is 1. The molecule has 176 valence electrons. The third-order valence-corrected chi connectivity index (χ3v) is 5.95. The Bertz CT molecular complexity index is 1340. The SMILES string of the molecule is O=C1N=C(Nc2cc(C(=O)O)cc(C(=O)O)c2)S/C1=C\c1ccc(OCc2ccc(Cl)cc2)cc1. The van der Waals surface area contributed by atoms with Crippen LogP contribution in [0.4, 0.5) is 5.69 Å². The summed E-state index contributed by atoms with van der Waals surface area (Å²) >= 11 is 6.95. The lowest BCUT2D eigenvalue weighted by atomic mass is 10.1. The van der Waals surface area contributed by atoms with E-state index < -0.39 is 17.8 Å². The number of carbonyl (C=O) groups is 3. The minimum Gasteiger partial charge on any atom is -0.489 e. The van der Waals surface area contributed by atoms with Crippen LogP contribution in [0.2, 0.25) is 5.02 Å². The zero-order chi connectivity index (χ0) is 24.9. The van der Waals surface area contributed by atoms with Crippen LogP contribution in [0.3, 0.4) is 0 Å². The van der Waals surface area contributed by atoms with Gasteiger partial charge in [-0.3, -0.25) is 4.79 Å². The minimum atomic E-state index is -1.27. The number of aliphatic imine (C=N–C) groups is 1. The Morgan fingerprint density at radius 2 is 1.60 bits per heavy atom. The number of nitrogens with zero attached hydrogens (tertiary/aromatic N) is 1. The maximum atomic E-state index is 12.3. The van der Waals surface area contributed by atoms with Crippen LogP contribution in [0, 0.1) is 0 Å². The van der Waals surface area contributed by atoms with Gasteiger partial charge in [-0.05, 0) is 71.4 Å². The van der Waals surface area contributed by atoms with E-state index >= 15 is 0 Å². The molecule has 1 aliphatic heterocycles. The molecular formula is C25H17ClN2O6S. The van der Waals surface area contributed by atoms with Gasteiger partial charge in [0, 0.05) is 10.7 Å². The summed E-state index contributed by atoms with van der Waals surface area (Å²) in [7, 11) is 0. The van der Waals surface area contributed by atoms with Gasteiger partial charge in [-0.25, -0.2) is 9.59 Å². The number of anilines is 1. The molecule has 1 heterocycles. The molecule has 0 aromatic heterocycles. The number of carboxylic acids is 2. The van der Waals surface area contributed by atoms with Gasteiger partial charge in [-0.15, -0.1) is 0 Å². The summed E-state index contributed by atoms with van der Waals surface area (Å²) in [5.74, 6) is -2.34. The Kier molecular flexibility index (Phi) is 7.19. The zero-order valence-corrected chi connectivity index (χ0v) is 19.5. The van der Waals surface area contributed by atoms with Crippen molar-refractivity contribution in [2.45, 2.75) is 6.61 Å². The van der Waals surface area contributed by atoms with E-state index in [-0.39, 0.29) is 22.0 Å². The smallest absolute Gasteiger partial charge is 0.335 e. The lowest BCUT2D eigenvalue weighted by molar-refractivity contribution is -0.113. The van der Waals surface area contributed by atoms with Gasteiger partial charge in [0.1, 0.15) is 12.4 Å². The van der Waals surface area contributed by atoms with E-state index in [9.17, 15) is 24.6 Å². The van der Waals surface area contributed by atoms with Gasteiger partial charge >= 0.3 is 11.9 Å². The second-order valence-corrected chi connectivity index (χ2v) is 8.82. The van der Waals surface area contributed by atoms with Gasteiger partial charge < -0.3 is 20.3 Å². The van der Waals surface area contributed by atoms with Gasteiger partial charge in [-0.2, -0.15) is 4.99 Å². The third kappa shape index (κ3) is 6.28. The first-order valence-corrected chi connectivity index (χ1v) is 11.3. The number of amides is 1. The molecular weight excluding hydrogens is 492 g/mol. The van der Waals surface area contributed by atoms with Gasteiger partial charge in [0.15, 0.2) is 5.17 Å². The fraction of sp³-hybridized carbons (Fsp3) is 0.0400. The molecule has 0 saturated carbocycles. The number of halogens is 1. The summed E-state index contributed by atoms with van der Waals surface area (Å²) in [6, 6.07) is 18.1. The van der Waals surface area contributed by atoms with Crippen molar-refractivity contribution in [3.63, 3.8) is 0 Å². The average Bonchev–Trinajstić information content (AvgIpc) is 3.17. The van der Waals surface area contributed by atoms with Crippen LogP contribution in [0.25, 0.3) is 6.08 Å². The minimum absolute atomic E-state index is 0.198. The maximum Gasteiger partial charge on any atom is 0.335 e. The number of carbonyl (C=O) groups excluding carboxylic acids is 1. The van der Waals surface area contributed by atoms with E-state index in [1.807, 2.05) is 12.1 Å². The summed E-state index contributed by atoms with van der Waals surface area (Å²) in [5.41, 5.74) is 1.55. The van der Waals surface area contributed by atoms with Crippen molar-refractivity contribution in [3.05, 3.63) is 98.9 Å². The van der Waals surface area contributed by atoms with E-state index in [1.165, 1.54) is 12.1 Å². The summed E-state index contributed by atoms with van der Waals surface area (Å²) < 4.78 is 5.76. The van der Waals surface area contributed by atoms with Crippen molar-refractivity contribution in [1.29, 1.82) is 0 Å². The number of aromatic carboxylic acids is 2. The second kappa shape index (κ2) is 10.5. The Morgan fingerprint density at radius 1 is 0.971 bits per heavy atom. The highest BCUT2D eigenvalue weighted by molar-refractivity contribution is 8.18. The molecule has 0 unspecified atom stereocenters. The number of carboxylic acid groups (broad SMARTS) is 2. The van der Waals surface area contributed by atoms with Crippen molar-refractivity contribution < 1.29 is 29.3 Å². The lowest BCUT2D eigenvalue weighted by Crippen LogP contribution is -2.09. The number of benzene rings is 3. The van der Waals surface area contributed by atoms with Gasteiger partial charge in [0.25, 0.3) is 5.91 Å². The average molecular weight is 509 g/mol. The van der Waals surface area contributed by atoms with Crippen LogP contribution in [0.5, 0.6) is 5.75 Å². The third-order valence-electron chi connectivity index (χ3n) is 4.80. The Morgan fingerprint density at radius 3 is 2.20 bits per heavy atom. The molecule has 0 radical (unpaired) electrons. The van der Waals surface area contributed by atoms with E-state index in [0.29, 0.717) is 22.3 Å². The molecule has 1 amide bonds. The van der Waals surface area contributed by atoms with Crippen LogP contribution in [0.15, 0.2) is 76.6 Å². The molecule has 3 aromatic rings. The van der Waals surface area contributed by atoms with Crippen LogP contribution in [-0.4, -0.2) is 33.2 Å². The van der Waals surface area contributed by atoms with Crippen molar-refractivity contribution in [2.24, 2.45) is 4.99 Å². The maximum absolute atomic E-state index is 12.3. The summed E-state index contributed by atoms with van der Waals surface area (Å²) in [6.45, 7) is 0.390. The predicted molar refractivity (Wildman–Crippen MR) is 134 cm³/mol. The van der Waals surface area contributed by atoms with E-state index in [2.05, 4.69) is 10.3 Å². The summed E-state index contributed by atoms with van der Waals surface area (Å²) in [5, 5.41) is 22.1. The molecule has 8 nitrogen and oxygen atoms in total. The molecule has 0 fully saturated rings. The molecule has 0 atom stereocenters. The molecule has 3 aromatic carbocycles. The molecule has 0 bridgehead atoms. The summed E-state index contributed by atoms with van der Waals surface area (Å²) in [4.78, 5) is 39.2. The van der Waals surface area contributed by atoms with Gasteiger partial charge in [0.05, 0.1) is 16.0 Å². The number of nitrogens with one attached hydrogen (secondary N) is 1. The Balaban J connectivity index is 1.41. The summed E-state index contributed by atoms with van der Waals surface area (Å²) in [6.07, 6.45) is 1.67. The molecule has 10 heteroatoms. The highest BCUT2D eigenvalue weighted by Gasteiger charge is 2.23. The lowest BCUT2D eigenvalue weighted by Gasteiger charge is -2.08. The van der Waals surface area contributed by atoms with Crippen LogP contribution in [-0.2, 0) is 11.4 Å². The first kappa shape index (κ1) is 24.1. The first-order valence-electron chi connectivity index (χ1n) is 10.2. The molecule has 0 aliphatic carbocycles. The zero-order valence-electron chi connectivity index (χ0n) is 17.9. The van der Waals surface area contributed by atoms with Crippen molar-refractivity contribution in [1.82, 2.24) is 0 Å². The monoisotopic (exact) mass is 508 g/mol. The molecule has 0 saturated heterocycles. The highest BCUT2D eigenvalue weighted by Crippen LogP contribution is 2.30. The number of rotatable bonds is 7. The van der Waals surface area contributed by atoms with Gasteiger partial charge in [-0.1, -0.05) is 35.9 Å². The van der Waals surface area contributed by atoms with E-state index in [1.54, 1.807) is 42.5 Å². The van der Waals surface area contributed by atoms with E-state index in [4.69, 9.17) is 16.3 Å². The topological polar surface area (TPSA) is 125 Å². The fourth-order valence-electron chi connectivity index (χ4n) is 3.09. The Hall–Kier alpha value is -4.08. The molecule has 3 N–H and O–H groups in total. The van der Waals surface area contributed by atoms with Crippen LogP contribution in [0.1, 0.15) is 31.8 Å². The van der Waals surface area contributed by atoms with Crippen molar-refractivity contribution >= 4 is 58.1 Å². The first-order chi connectivity index (χ1) is 16.8. The number of thioether (sulfide) groups is 1. The quantitative estimate of drug-likeness (QED) is 0.362. The Labute approximate surface area is 208 Å². The van der Waals surface area contributed by atoms with Crippen LogP contribution >= 0.6 is 23.4 Å². The van der Waals surface area contributed by atoms with Crippen molar-refractivity contribution in [3.8, 4) is 5.75 Å². The number of hydrogen-bond donors (Lipinski definition) is 3. The largest absolute Gasteiger partial charge is 0.489 e. The molecule has 4 rings (SSSR count). The van der Waals surface area contributed by atoms with Gasteiger partial charge in [0.2, 0.25) is 0 Å². The second-order valence-electron chi connectivity index (χ2n) is 7.35. The number of amidine groups is 1. The van der Waals surface area contributed by atoms with Crippen LogP contribution < -0.4 is 10.1 Å². The predicted octanol–water partition coefficient (Wildman–Crippen LogP) is 5.40. The van der Waals surface area contributed by atoms with E-state index in [0.717, 1.165) is 29.0 Å². The molecule has 35 heavy (non-hydrogen) atoms. The molecule has 0 spiro atoms. The van der Waals surface area contributed by atoms with Crippen molar-refractivity contribution in [2.75, 3.05) is 5.32 Å². The number of hydrogen-bond acceptors (Lipinski definition) is 6. The standard InChI is InChI=1S/C25H17ClN2O6S/c26-18-5-1-15(2-6-18)13-34-20-7-3-14(4-8-20)9-21-22(29)28-25(35-21)27-19-11-16(23(30)31)10-17(12-19)24(32)33/h1-12H,13H2,(H,30,31)(H,32,33)(H,27,28,29)/b21-9-. The fourth-order valence-corrected chi connectivity index (χ4v) is 4.05. The highest BCUT2D eigenvalue weighted by atomic mass is 35.5. The molecule has 1 aliphatic rings.